The van der Waals surface area contributed by atoms with Crippen LogP contribution < -0.4 is 0 Å². The highest BCUT2D eigenvalue weighted by Gasteiger charge is 2.00. The van der Waals surface area contributed by atoms with Crippen molar-refractivity contribution in [1.82, 2.24) is 9.36 Å². The lowest BCUT2D eigenvalue weighted by Crippen LogP contribution is -1.75. The van der Waals surface area contributed by atoms with Crippen LogP contribution in [-0.4, -0.2) is 9.36 Å². The third-order valence-corrected chi connectivity index (χ3v) is 2.81. The molecule has 0 saturated carbocycles. The maximum absolute atomic E-state index is 4.28. The van der Waals surface area contributed by atoms with Crippen LogP contribution in [0.25, 0.3) is 21.7 Å². The largest absolute Gasteiger partial charge is 0.264 e. The Hall–Kier alpha value is -1.48. The second kappa shape index (κ2) is 2.50. The van der Waals surface area contributed by atoms with Crippen LogP contribution in [0.15, 0.2) is 36.0 Å². The van der Waals surface area contributed by atoms with Crippen LogP contribution in [0.3, 0.4) is 0 Å². The summed E-state index contributed by atoms with van der Waals surface area (Å²) >= 11 is 1.49. The zero-order chi connectivity index (χ0) is 8.67. The number of pyridine rings is 1. The van der Waals surface area contributed by atoms with E-state index in [1.54, 1.807) is 0 Å². The van der Waals surface area contributed by atoms with Gasteiger partial charge in [0.1, 0.15) is 0 Å². The SMILES string of the molecule is c1cc2ccc3nscc3c2cn1. The predicted octanol–water partition coefficient (Wildman–Crippen LogP) is 2.84. The fourth-order valence-corrected chi connectivity index (χ4v) is 2.19. The number of aromatic nitrogens is 2. The van der Waals surface area contributed by atoms with Gasteiger partial charge in [0.15, 0.2) is 0 Å². The normalized spacial score (nSPS) is 11.1. The highest BCUT2D eigenvalue weighted by Crippen LogP contribution is 2.24. The lowest BCUT2D eigenvalue weighted by atomic mass is 10.1. The molecule has 0 N–H and O–H groups in total. The molecule has 3 heteroatoms. The smallest absolute Gasteiger partial charge is 0.0847 e. The van der Waals surface area contributed by atoms with Crippen molar-refractivity contribution in [3.8, 4) is 0 Å². The topological polar surface area (TPSA) is 25.8 Å². The van der Waals surface area contributed by atoms with Gasteiger partial charge in [0.2, 0.25) is 0 Å². The van der Waals surface area contributed by atoms with Crippen LogP contribution >= 0.6 is 11.5 Å². The molecule has 0 radical (unpaired) electrons. The number of hydrogen-bond donors (Lipinski definition) is 0. The summed E-state index contributed by atoms with van der Waals surface area (Å²) < 4.78 is 4.28. The van der Waals surface area contributed by atoms with Crippen molar-refractivity contribution >= 4 is 33.2 Å². The Morgan fingerprint density at radius 3 is 3.08 bits per heavy atom. The van der Waals surface area contributed by atoms with E-state index in [1.807, 2.05) is 24.5 Å². The first-order valence-electron chi connectivity index (χ1n) is 4.02. The van der Waals surface area contributed by atoms with E-state index in [1.165, 1.54) is 27.7 Å². The first kappa shape index (κ1) is 6.97. The van der Waals surface area contributed by atoms with E-state index in [0.29, 0.717) is 0 Å². The number of rotatable bonds is 0. The molecule has 2 heterocycles. The third-order valence-electron chi connectivity index (χ3n) is 2.16. The molecule has 0 aliphatic heterocycles. The molecule has 0 aliphatic rings. The molecule has 3 aromatic rings. The van der Waals surface area contributed by atoms with Gasteiger partial charge in [-0.2, -0.15) is 4.37 Å². The molecule has 0 spiro atoms. The minimum atomic E-state index is 1.06. The van der Waals surface area contributed by atoms with Gasteiger partial charge in [0, 0.05) is 28.5 Å². The molecule has 0 aliphatic carbocycles. The summed E-state index contributed by atoms with van der Waals surface area (Å²) in [5.41, 5.74) is 1.06. The Bertz CT molecular complexity index is 571. The summed E-state index contributed by atoms with van der Waals surface area (Å²) in [6.07, 6.45) is 3.71. The van der Waals surface area contributed by atoms with Crippen molar-refractivity contribution in [3.05, 3.63) is 36.0 Å². The molecule has 0 amide bonds. The Morgan fingerprint density at radius 1 is 1.08 bits per heavy atom. The van der Waals surface area contributed by atoms with Crippen molar-refractivity contribution < 1.29 is 0 Å². The molecule has 0 saturated heterocycles. The van der Waals surface area contributed by atoms with Crippen LogP contribution in [0.4, 0.5) is 0 Å². The van der Waals surface area contributed by atoms with E-state index in [-0.39, 0.29) is 0 Å². The maximum atomic E-state index is 4.28. The first-order chi connectivity index (χ1) is 6.45. The summed E-state index contributed by atoms with van der Waals surface area (Å²) in [7, 11) is 0. The zero-order valence-electron chi connectivity index (χ0n) is 6.77. The van der Waals surface area contributed by atoms with Crippen molar-refractivity contribution in [2.45, 2.75) is 0 Å². The maximum Gasteiger partial charge on any atom is 0.0847 e. The van der Waals surface area contributed by atoms with Crippen molar-refractivity contribution in [2.75, 3.05) is 0 Å². The van der Waals surface area contributed by atoms with Crippen LogP contribution in [0.2, 0.25) is 0 Å². The standard InChI is InChI=1S/C10H6N2S/c1-2-10-9(6-13-12-10)8-5-11-4-3-7(1)8/h1-6H. The minimum Gasteiger partial charge on any atom is -0.264 e. The molecule has 2 nitrogen and oxygen atoms in total. The summed E-state index contributed by atoms with van der Waals surface area (Å²) in [6, 6.07) is 6.15. The Balaban J connectivity index is 2.65. The number of hydrogen-bond acceptors (Lipinski definition) is 3. The molecular weight excluding hydrogens is 180 g/mol. The molecular formula is C10H6N2S. The molecule has 2 aromatic heterocycles. The van der Waals surface area contributed by atoms with Gasteiger partial charge >= 0.3 is 0 Å². The minimum absolute atomic E-state index is 1.06. The molecule has 0 atom stereocenters. The van der Waals surface area contributed by atoms with Gasteiger partial charge in [-0.25, -0.2) is 0 Å². The van der Waals surface area contributed by atoms with E-state index in [0.717, 1.165) is 5.52 Å². The average molecular weight is 186 g/mol. The van der Waals surface area contributed by atoms with E-state index < -0.39 is 0 Å². The van der Waals surface area contributed by atoms with Gasteiger partial charge in [0.05, 0.1) is 5.52 Å². The molecule has 0 fully saturated rings. The second-order valence-corrected chi connectivity index (χ2v) is 3.54. The Morgan fingerprint density at radius 2 is 2.08 bits per heavy atom. The van der Waals surface area contributed by atoms with Gasteiger partial charge in [-0.05, 0) is 29.1 Å². The van der Waals surface area contributed by atoms with Gasteiger partial charge in [0.25, 0.3) is 0 Å². The van der Waals surface area contributed by atoms with Gasteiger partial charge in [-0.1, -0.05) is 6.07 Å². The zero-order valence-corrected chi connectivity index (χ0v) is 7.58. The van der Waals surface area contributed by atoms with E-state index >= 15 is 0 Å². The molecule has 3 rings (SSSR count). The number of nitrogens with zero attached hydrogens (tertiary/aromatic N) is 2. The third kappa shape index (κ3) is 0.939. The van der Waals surface area contributed by atoms with Crippen LogP contribution in [-0.2, 0) is 0 Å². The van der Waals surface area contributed by atoms with Crippen LogP contribution in [0, 0.1) is 0 Å². The molecule has 13 heavy (non-hydrogen) atoms. The van der Waals surface area contributed by atoms with Crippen molar-refractivity contribution in [3.63, 3.8) is 0 Å². The van der Waals surface area contributed by atoms with Gasteiger partial charge in [-0.15, -0.1) is 0 Å². The Kier molecular flexibility index (Phi) is 1.34. The fourth-order valence-electron chi connectivity index (χ4n) is 1.51. The first-order valence-corrected chi connectivity index (χ1v) is 4.85. The monoisotopic (exact) mass is 186 g/mol. The highest BCUT2D eigenvalue weighted by atomic mass is 32.1. The number of fused-ring (bicyclic) bond motifs is 3. The van der Waals surface area contributed by atoms with E-state index in [2.05, 4.69) is 20.8 Å². The lowest BCUT2D eigenvalue weighted by molar-refractivity contribution is 1.37. The fraction of sp³-hybridized carbons (Fsp3) is 0. The summed E-state index contributed by atoms with van der Waals surface area (Å²) in [6.45, 7) is 0. The number of benzene rings is 1. The quantitative estimate of drug-likeness (QED) is 0.539. The lowest BCUT2D eigenvalue weighted by Gasteiger charge is -1.96. The molecule has 62 valence electrons. The Labute approximate surface area is 79.0 Å². The summed E-state index contributed by atoms with van der Waals surface area (Å²) in [5, 5.41) is 5.69. The van der Waals surface area contributed by atoms with Crippen molar-refractivity contribution in [1.29, 1.82) is 0 Å². The van der Waals surface area contributed by atoms with E-state index in [9.17, 15) is 0 Å². The van der Waals surface area contributed by atoms with Crippen LogP contribution in [0.5, 0.6) is 0 Å². The second-order valence-electron chi connectivity index (χ2n) is 2.91. The molecule has 1 aromatic carbocycles. The van der Waals surface area contributed by atoms with Gasteiger partial charge < -0.3 is 0 Å². The summed E-state index contributed by atoms with van der Waals surface area (Å²) in [4.78, 5) is 4.12. The van der Waals surface area contributed by atoms with E-state index in [4.69, 9.17) is 0 Å². The molecule has 0 bridgehead atoms. The van der Waals surface area contributed by atoms with Crippen molar-refractivity contribution in [2.24, 2.45) is 0 Å². The molecule has 0 unspecified atom stereocenters. The predicted molar refractivity (Wildman–Crippen MR) is 54.9 cm³/mol. The summed E-state index contributed by atoms with van der Waals surface area (Å²) in [5.74, 6) is 0. The van der Waals surface area contributed by atoms with Crippen LogP contribution in [0.1, 0.15) is 0 Å². The highest BCUT2D eigenvalue weighted by molar-refractivity contribution is 7.04. The van der Waals surface area contributed by atoms with Gasteiger partial charge in [-0.3, -0.25) is 4.98 Å². The average Bonchev–Trinajstić information content (AvgIpc) is 2.65.